The Morgan fingerprint density at radius 2 is 0.848 bits per heavy atom. The maximum atomic E-state index is 15.3. The average molecular weight is 454 g/mol. The van der Waals surface area contributed by atoms with Gasteiger partial charge in [0.25, 0.3) is 0 Å². The van der Waals surface area contributed by atoms with Crippen LogP contribution in [0.2, 0.25) is 0 Å². The van der Waals surface area contributed by atoms with Crippen molar-refractivity contribution in [3.8, 4) is 0 Å². The lowest BCUT2D eigenvalue weighted by molar-refractivity contribution is 0.316. The molecule has 0 amide bonds. The van der Waals surface area contributed by atoms with Crippen LogP contribution in [0.15, 0.2) is 121 Å². The summed E-state index contributed by atoms with van der Waals surface area (Å²) in [7, 11) is 0.744. The molecule has 0 radical (unpaired) electrons. The van der Waals surface area contributed by atoms with E-state index in [1.165, 1.54) is 0 Å². The Kier molecular flexibility index (Phi) is 5.90. The first kappa shape index (κ1) is 21.7. The molecule has 0 spiro atoms. The first-order valence-corrected chi connectivity index (χ1v) is 12.8. The molecule has 4 aromatic rings. The Balaban J connectivity index is 1.72. The highest BCUT2D eigenvalue weighted by Gasteiger charge is 2.56. The van der Waals surface area contributed by atoms with Crippen molar-refractivity contribution < 1.29 is 4.57 Å². The van der Waals surface area contributed by atoms with E-state index < -0.39 is 7.59 Å². The SMILES string of the molecule is CN1[C@H](c2ccccc2)[C@@H](c2ccccc2)N(C)P1(=O)N(c1ccccc1)c1ccccc1. The summed E-state index contributed by atoms with van der Waals surface area (Å²) in [4.78, 5) is 0. The lowest BCUT2D eigenvalue weighted by Crippen LogP contribution is -2.28. The molecule has 4 nitrogen and oxygen atoms in total. The highest BCUT2D eigenvalue weighted by Crippen LogP contribution is 2.71. The first-order chi connectivity index (χ1) is 16.1. The van der Waals surface area contributed by atoms with Crippen LogP contribution in [-0.4, -0.2) is 23.4 Å². The number of hydrogen-bond acceptors (Lipinski definition) is 1. The second kappa shape index (κ2) is 8.99. The molecule has 2 atom stereocenters. The summed E-state index contributed by atoms with van der Waals surface area (Å²) in [5.74, 6) is 0. The Hall–Kier alpha value is -3.17. The monoisotopic (exact) mass is 453 g/mol. The fourth-order valence-corrected chi connectivity index (χ4v) is 7.97. The zero-order chi connectivity index (χ0) is 22.8. The predicted molar refractivity (Wildman–Crippen MR) is 137 cm³/mol. The summed E-state index contributed by atoms with van der Waals surface area (Å²) in [6.45, 7) is 0. The third-order valence-electron chi connectivity index (χ3n) is 6.47. The standard InChI is InChI=1S/C28H28N3OP/c1-29-27(23-15-7-3-8-16-23)28(24-17-9-4-10-18-24)30(2)33(29,32)31(25-19-11-5-12-20-25)26-21-13-6-14-22-26/h3-22,27-28H,1-2H3/t27-,28-/m1/s1. The Morgan fingerprint density at radius 3 is 1.18 bits per heavy atom. The topological polar surface area (TPSA) is 26.8 Å². The molecular weight excluding hydrogens is 425 g/mol. The van der Waals surface area contributed by atoms with E-state index in [0.717, 1.165) is 22.5 Å². The lowest BCUT2D eigenvalue weighted by atomic mass is 9.93. The Bertz CT molecular complexity index is 1140. The van der Waals surface area contributed by atoms with Gasteiger partial charge in [-0.25, -0.2) is 9.34 Å². The fraction of sp³-hybridized carbons (Fsp3) is 0.143. The Morgan fingerprint density at radius 1 is 0.545 bits per heavy atom. The van der Waals surface area contributed by atoms with Gasteiger partial charge in [0.05, 0.1) is 12.1 Å². The molecule has 5 heteroatoms. The van der Waals surface area contributed by atoms with E-state index in [4.69, 9.17) is 0 Å². The van der Waals surface area contributed by atoms with Crippen molar-refractivity contribution in [1.82, 2.24) is 9.34 Å². The number of nitrogens with zero attached hydrogens (tertiary/aromatic N) is 3. The molecule has 4 aromatic carbocycles. The maximum absolute atomic E-state index is 15.3. The normalized spacial score (nSPS) is 20.5. The first-order valence-electron chi connectivity index (χ1n) is 11.2. The van der Waals surface area contributed by atoms with E-state index in [9.17, 15) is 0 Å². The van der Waals surface area contributed by atoms with Gasteiger partial charge in [0.2, 0.25) is 0 Å². The van der Waals surface area contributed by atoms with Gasteiger partial charge in [0, 0.05) is 11.4 Å². The molecule has 0 bridgehead atoms. The predicted octanol–water partition coefficient (Wildman–Crippen LogP) is 7.29. The van der Waals surface area contributed by atoms with Gasteiger partial charge in [-0.2, -0.15) is 0 Å². The van der Waals surface area contributed by atoms with Crippen molar-refractivity contribution in [2.75, 3.05) is 18.8 Å². The van der Waals surface area contributed by atoms with Gasteiger partial charge in [-0.05, 0) is 49.5 Å². The molecule has 1 heterocycles. The van der Waals surface area contributed by atoms with Crippen LogP contribution in [0.5, 0.6) is 0 Å². The summed E-state index contributed by atoms with van der Waals surface area (Å²) in [5, 5.41) is 0. The summed E-state index contributed by atoms with van der Waals surface area (Å²) >= 11 is 0. The number of para-hydroxylation sites is 2. The molecule has 0 aliphatic carbocycles. The van der Waals surface area contributed by atoms with Gasteiger partial charge in [-0.15, -0.1) is 0 Å². The molecule has 1 fully saturated rings. The average Bonchev–Trinajstić information content (AvgIpc) is 3.08. The molecule has 0 saturated carbocycles. The number of likely N-dealkylation sites (N-methyl/N-ethyl adjacent to an activating group) is 2. The lowest BCUT2D eigenvalue weighted by Gasteiger charge is -2.38. The minimum absolute atomic E-state index is 0.0700. The third kappa shape index (κ3) is 3.71. The van der Waals surface area contributed by atoms with Crippen LogP contribution < -0.4 is 4.67 Å². The minimum atomic E-state index is -3.25. The molecule has 1 saturated heterocycles. The van der Waals surface area contributed by atoms with Crippen LogP contribution in [0.3, 0.4) is 0 Å². The highest BCUT2D eigenvalue weighted by atomic mass is 31.2. The van der Waals surface area contributed by atoms with Gasteiger partial charge < -0.3 is 0 Å². The summed E-state index contributed by atoms with van der Waals surface area (Å²) in [6, 6.07) is 40.8. The fourth-order valence-electron chi connectivity index (χ4n) is 4.92. The summed E-state index contributed by atoms with van der Waals surface area (Å²) < 4.78 is 21.5. The smallest absolute Gasteiger partial charge is 0.268 e. The van der Waals surface area contributed by atoms with Crippen LogP contribution in [0.4, 0.5) is 11.4 Å². The quantitative estimate of drug-likeness (QED) is 0.296. The third-order valence-corrected chi connectivity index (χ3v) is 9.59. The van der Waals surface area contributed by atoms with Crippen molar-refractivity contribution in [3.05, 3.63) is 132 Å². The maximum Gasteiger partial charge on any atom is 0.316 e. The highest BCUT2D eigenvalue weighted by molar-refractivity contribution is 7.61. The second-order valence-electron chi connectivity index (χ2n) is 8.35. The van der Waals surface area contributed by atoms with Crippen molar-refractivity contribution in [1.29, 1.82) is 0 Å². The van der Waals surface area contributed by atoms with Crippen LogP contribution >= 0.6 is 7.59 Å². The summed E-state index contributed by atoms with van der Waals surface area (Å²) in [5.41, 5.74) is 4.12. The van der Waals surface area contributed by atoms with Crippen molar-refractivity contribution in [2.45, 2.75) is 12.1 Å². The van der Waals surface area contributed by atoms with E-state index >= 15 is 4.57 Å². The molecule has 1 aliphatic heterocycles. The van der Waals surface area contributed by atoms with Crippen molar-refractivity contribution in [3.63, 3.8) is 0 Å². The van der Waals surface area contributed by atoms with E-state index in [2.05, 4.69) is 57.9 Å². The van der Waals surface area contributed by atoms with Gasteiger partial charge >= 0.3 is 7.59 Å². The van der Waals surface area contributed by atoms with E-state index in [0.29, 0.717) is 0 Å². The zero-order valence-electron chi connectivity index (χ0n) is 18.9. The molecule has 0 unspecified atom stereocenters. The molecule has 1 aliphatic rings. The number of anilines is 2. The van der Waals surface area contributed by atoms with Crippen molar-refractivity contribution in [2.24, 2.45) is 0 Å². The molecular formula is C28H28N3OP. The number of rotatable bonds is 5. The molecule has 166 valence electrons. The Labute approximate surface area is 196 Å². The number of benzene rings is 4. The molecule has 33 heavy (non-hydrogen) atoms. The van der Waals surface area contributed by atoms with Crippen LogP contribution in [0.1, 0.15) is 23.2 Å². The zero-order valence-corrected chi connectivity index (χ0v) is 19.8. The molecule has 5 rings (SSSR count). The molecule has 0 N–H and O–H groups in total. The summed E-state index contributed by atoms with van der Waals surface area (Å²) in [6.07, 6.45) is 0. The largest absolute Gasteiger partial charge is 0.316 e. The van der Waals surface area contributed by atoms with Crippen LogP contribution in [-0.2, 0) is 4.57 Å². The van der Waals surface area contributed by atoms with E-state index in [-0.39, 0.29) is 12.1 Å². The second-order valence-corrected chi connectivity index (χ2v) is 11.0. The van der Waals surface area contributed by atoms with Gasteiger partial charge in [-0.1, -0.05) is 97.1 Å². The van der Waals surface area contributed by atoms with E-state index in [1.54, 1.807) is 0 Å². The minimum Gasteiger partial charge on any atom is -0.268 e. The van der Waals surface area contributed by atoms with Gasteiger partial charge in [-0.3, -0.25) is 9.24 Å². The number of hydrogen-bond donors (Lipinski definition) is 0. The van der Waals surface area contributed by atoms with Gasteiger partial charge in [0.15, 0.2) is 0 Å². The van der Waals surface area contributed by atoms with Crippen LogP contribution in [0, 0.1) is 0 Å². The molecule has 0 aromatic heterocycles. The van der Waals surface area contributed by atoms with E-state index in [1.807, 2.05) is 91.6 Å². The van der Waals surface area contributed by atoms with Gasteiger partial charge in [0.1, 0.15) is 0 Å². The van der Waals surface area contributed by atoms with Crippen molar-refractivity contribution >= 4 is 19.0 Å². The van der Waals surface area contributed by atoms with Crippen LogP contribution in [0.25, 0.3) is 0 Å².